The number of nitrogens with zero attached hydrogens (tertiary/aromatic N) is 1. The lowest BCUT2D eigenvalue weighted by molar-refractivity contribution is -0.385. The number of amides is 1. The van der Waals surface area contributed by atoms with E-state index in [0.29, 0.717) is 17.7 Å². The zero-order valence-corrected chi connectivity index (χ0v) is 10.2. The lowest BCUT2D eigenvalue weighted by atomic mass is 10.1. The molecule has 0 radical (unpaired) electrons. The van der Waals surface area contributed by atoms with Gasteiger partial charge in [0, 0.05) is 18.1 Å². The summed E-state index contributed by atoms with van der Waals surface area (Å²) in [7, 11) is 0. The molecule has 1 rings (SSSR count). The van der Waals surface area contributed by atoms with Crippen LogP contribution in [0.4, 0.5) is 11.4 Å². The molecule has 0 spiro atoms. The number of aryl methyl sites for hydroxylation is 2. The average Bonchev–Trinajstić information content (AvgIpc) is 2.21. The van der Waals surface area contributed by atoms with E-state index >= 15 is 0 Å². The molecule has 0 atom stereocenters. The third-order valence-electron chi connectivity index (χ3n) is 2.49. The molecule has 17 heavy (non-hydrogen) atoms. The maximum absolute atomic E-state index is 11.4. The van der Waals surface area contributed by atoms with Crippen molar-refractivity contribution < 1.29 is 9.72 Å². The number of carbonyl (C=O) groups excluding carboxylic acids is 1. The summed E-state index contributed by atoms with van der Waals surface area (Å²) in [6.45, 7) is 5.41. The third kappa shape index (κ3) is 3.27. The molecular formula is C12H16N2O3. The van der Waals surface area contributed by atoms with Crippen LogP contribution in [0.25, 0.3) is 0 Å². The average molecular weight is 236 g/mol. The van der Waals surface area contributed by atoms with Crippen LogP contribution in [0.2, 0.25) is 0 Å². The summed E-state index contributed by atoms with van der Waals surface area (Å²) in [4.78, 5) is 21.8. The van der Waals surface area contributed by atoms with Crippen molar-refractivity contribution in [3.8, 4) is 0 Å². The Labute approximate surface area is 100.0 Å². The van der Waals surface area contributed by atoms with Crippen LogP contribution < -0.4 is 5.32 Å². The summed E-state index contributed by atoms with van der Waals surface area (Å²) >= 11 is 0. The Morgan fingerprint density at radius 2 is 2.00 bits per heavy atom. The Morgan fingerprint density at radius 3 is 2.53 bits per heavy atom. The number of anilines is 1. The SMILES string of the molecule is CCCC(=O)Nc1cc([N+](=O)[O-])c(C)cc1C. The van der Waals surface area contributed by atoms with Crippen LogP contribution in [-0.4, -0.2) is 10.8 Å². The van der Waals surface area contributed by atoms with Crippen molar-refractivity contribution in [2.45, 2.75) is 33.6 Å². The van der Waals surface area contributed by atoms with E-state index in [1.54, 1.807) is 13.0 Å². The van der Waals surface area contributed by atoms with Gasteiger partial charge >= 0.3 is 0 Å². The molecule has 0 fully saturated rings. The van der Waals surface area contributed by atoms with Gasteiger partial charge in [0.05, 0.1) is 10.6 Å². The minimum absolute atomic E-state index is 0.0300. The zero-order valence-electron chi connectivity index (χ0n) is 10.2. The van der Waals surface area contributed by atoms with Gasteiger partial charge in [-0.1, -0.05) is 6.92 Å². The van der Waals surface area contributed by atoms with Crippen LogP contribution in [-0.2, 0) is 4.79 Å². The van der Waals surface area contributed by atoms with Gasteiger partial charge in [0.1, 0.15) is 0 Å². The predicted molar refractivity (Wildman–Crippen MR) is 66.1 cm³/mol. The molecule has 0 saturated carbocycles. The summed E-state index contributed by atoms with van der Waals surface area (Å²) in [6, 6.07) is 3.12. The van der Waals surface area contributed by atoms with Crippen LogP contribution in [0.5, 0.6) is 0 Å². The lowest BCUT2D eigenvalue weighted by Gasteiger charge is -2.09. The van der Waals surface area contributed by atoms with E-state index in [1.165, 1.54) is 6.07 Å². The van der Waals surface area contributed by atoms with Crippen LogP contribution in [0.1, 0.15) is 30.9 Å². The summed E-state index contributed by atoms with van der Waals surface area (Å²) in [6.07, 6.45) is 1.17. The Balaban J connectivity index is 3.03. The second kappa shape index (κ2) is 5.43. The monoisotopic (exact) mass is 236 g/mol. The van der Waals surface area contributed by atoms with Gasteiger partial charge in [0.2, 0.25) is 5.91 Å². The van der Waals surface area contributed by atoms with Gasteiger partial charge in [0.25, 0.3) is 5.69 Å². The number of hydrogen-bond acceptors (Lipinski definition) is 3. The first-order valence-electron chi connectivity index (χ1n) is 5.51. The highest BCUT2D eigenvalue weighted by Crippen LogP contribution is 2.26. The summed E-state index contributed by atoms with van der Waals surface area (Å²) < 4.78 is 0. The Kier molecular flexibility index (Phi) is 4.20. The van der Waals surface area contributed by atoms with Crippen LogP contribution >= 0.6 is 0 Å². The number of carbonyl (C=O) groups is 1. The Morgan fingerprint density at radius 1 is 1.35 bits per heavy atom. The number of nitrogens with one attached hydrogen (secondary N) is 1. The first-order valence-corrected chi connectivity index (χ1v) is 5.51. The summed E-state index contributed by atoms with van der Waals surface area (Å²) in [5.74, 6) is -0.117. The van der Waals surface area contributed by atoms with Crippen molar-refractivity contribution in [2.75, 3.05) is 5.32 Å². The molecule has 0 unspecified atom stereocenters. The maximum atomic E-state index is 11.4. The topological polar surface area (TPSA) is 72.2 Å². The largest absolute Gasteiger partial charge is 0.326 e. The van der Waals surface area contributed by atoms with Crippen LogP contribution in [0.3, 0.4) is 0 Å². The van der Waals surface area contributed by atoms with Crippen molar-refractivity contribution in [3.05, 3.63) is 33.4 Å². The first kappa shape index (κ1) is 13.2. The van der Waals surface area contributed by atoms with E-state index in [-0.39, 0.29) is 11.6 Å². The van der Waals surface area contributed by atoms with E-state index in [0.717, 1.165) is 12.0 Å². The summed E-state index contributed by atoms with van der Waals surface area (Å²) in [5, 5.41) is 13.5. The molecule has 0 bridgehead atoms. The minimum Gasteiger partial charge on any atom is -0.326 e. The van der Waals surface area contributed by atoms with E-state index < -0.39 is 4.92 Å². The number of benzene rings is 1. The van der Waals surface area contributed by atoms with Gasteiger partial charge in [-0.15, -0.1) is 0 Å². The normalized spacial score (nSPS) is 10.1. The van der Waals surface area contributed by atoms with Gasteiger partial charge in [0.15, 0.2) is 0 Å². The molecule has 1 aromatic carbocycles. The molecule has 0 heterocycles. The second-order valence-electron chi connectivity index (χ2n) is 4.01. The van der Waals surface area contributed by atoms with Gasteiger partial charge in [-0.05, 0) is 31.9 Å². The summed E-state index contributed by atoms with van der Waals surface area (Å²) in [5.41, 5.74) is 1.97. The first-order chi connectivity index (χ1) is 7.95. The Hall–Kier alpha value is -1.91. The molecule has 92 valence electrons. The molecule has 0 aliphatic heterocycles. The van der Waals surface area contributed by atoms with Crippen molar-refractivity contribution in [2.24, 2.45) is 0 Å². The molecule has 0 aromatic heterocycles. The molecular weight excluding hydrogens is 220 g/mol. The molecule has 0 aliphatic rings. The van der Waals surface area contributed by atoms with Crippen molar-refractivity contribution >= 4 is 17.3 Å². The smallest absolute Gasteiger partial charge is 0.274 e. The molecule has 5 heteroatoms. The van der Waals surface area contributed by atoms with Crippen molar-refractivity contribution in [1.82, 2.24) is 0 Å². The fourth-order valence-corrected chi connectivity index (χ4v) is 1.61. The maximum Gasteiger partial charge on any atom is 0.274 e. The molecule has 0 saturated heterocycles. The number of nitro benzene ring substituents is 1. The standard InChI is InChI=1S/C12H16N2O3/c1-4-5-12(15)13-10-7-11(14(16)17)9(3)6-8(10)2/h6-7H,4-5H2,1-3H3,(H,13,15). The molecule has 5 nitrogen and oxygen atoms in total. The Bertz CT molecular complexity index is 455. The second-order valence-corrected chi connectivity index (χ2v) is 4.01. The van der Waals surface area contributed by atoms with Crippen LogP contribution in [0.15, 0.2) is 12.1 Å². The van der Waals surface area contributed by atoms with E-state index in [1.807, 2.05) is 13.8 Å². The third-order valence-corrected chi connectivity index (χ3v) is 2.49. The fraction of sp³-hybridized carbons (Fsp3) is 0.417. The highest BCUT2D eigenvalue weighted by Gasteiger charge is 2.14. The predicted octanol–water partition coefficient (Wildman–Crippen LogP) is 2.95. The number of hydrogen-bond donors (Lipinski definition) is 1. The quantitative estimate of drug-likeness (QED) is 0.645. The highest BCUT2D eigenvalue weighted by atomic mass is 16.6. The number of nitro groups is 1. The molecule has 1 amide bonds. The van der Waals surface area contributed by atoms with Crippen molar-refractivity contribution in [1.29, 1.82) is 0 Å². The van der Waals surface area contributed by atoms with Gasteiger partial charge in [-0.25, -0.2) is 0 Å². The van der Waals surface area contributed by atoms with Gasteiger partial charge in [-0.2, -0.15) is 0 Å². The highest BCUT2D eigenvalue weighted by molar-refractivity contribution is 5.91. The van der Waals surface area contributed by atoms with Gasteiger partial charge < -0.3 is 5.32 Å². The molecule has 0 aliphatic carbocycles. The number of rotatable bonds is 4. The zero-order chi connectivity index (χ0) is 13.0. The van der Waals surface area contributed by atoms with E-state index in [2.05, 4.69) is 5.32 Å². The molecule has 1 aromatic rings. The van der Waals surface area contributed by atoms with Gasteiger partial charge in [-0.3, -0.25) is 14.9 Å². The minimum atomic E-state index is -0.440. The van der Waals surface area contributed by atoms with E-state index in [9.17, 15) is 14.9 Å². The van der Waals surface area contributed by atoms with Crippen molar-refractivity contribution in [3.63, 3.8) is 0 Å². The fourth-order valence-electron chi connectivity index (χ4n) is 1.61. The van der Waals surface area contributed by atoms with E-state index in [4.69, 9.17) is 0 Å². The molecule has 1 N–H and O–H groups in total. The van der Waals surface area contributed by atoms with Crippen LogP contribution in [0, 0.1) is 24.0 Å². The lowest BCUT2D eigenvalue weighted by Crippen LogP contribution is -2.12.